The number of hydrogen-bond donors (Lipinski definition) is 4. The molecule has 0 aliphatic rings. The van der Waals surface area contributed by atoms with Gasteiger partial charge in [-0.05, 0) is 25.0 Å². The summed E-state index contributed by atoms with van der Waals surface area (Å²) in [6.45, 7) is 6.46. The maximum absolute atomic E-state index is 10.7. The summed E-state index contributed by atoms with van der Waals surface area (Å²) in [6.07, 6.45) is 7.25. The van der Waals surface area contributed by atoms with Gasteiger partial charge in [0.25, 0.3) is 0 Å². The lowest BCUT2D eigenvalue weighted by Crippen LogP contribution is -2.35. The van der Waals surface area contributed by atoms with Gasteiger partial charge in [0, 0.05) is 19.6 Å². The van der Waals surface area contributed by atoms with Crippen LogP contribution in [0.15, 0.2) is 23.7 Å². The van der Waals surface area contributed by atoms with Crippen LogP contribution in [0.4, 0.5) is 0 Å². The van der Waals surface area contributed by atoms with Crippen molar-refractivity contribution in [2.24, 2.45) is 0 Å². The molecule has 0 aliphatic heterocycles. The van der Waals surface area contributed by atoms with Crippen LogP contribution in [-0.4, -0.2) is 58.9 Å². The monoisotopic (exact) mass is 328 g/mol. The van der Waals surface area contributed by atoms with Crippen LogP contribution in [0.25, 0.3) is 0 Å². The van der Waals surface area contributed by atoms with E-state index in [1.54, 1.807) is 12.2 Å². The normalized spacial score (nSPS) is 12.8. The highest BCUT2D eigenvalue weighted by atomic mass is 16.4. The third-order valence-electron chi connectivity index (χ3n) is 3.28. The number of rotatable bonds is 14. The van der Waals surface area contributed by atoms with E-state index in [1.165, 1.54) is 0 Å². The fourth-order valence-electron chi connectivity index (χ4n) is 1.97. The van der Waals surface area contributed by atoms with Gasteiger partial charge in [0.2, 0.25) is 0 Å². The van der Waals surface area contributed by atoms with Crippen molar-refractivity contribution < 1.29 is 20.1 Å². The summed E-state index contributed by atoms with van der Waals surface area (Å²) < 4.78 is 0. The van der Waals surface area contributed by atoms with Crippen LogP contribution in [0.5, 0.6) is 0 Å². The minimum Gasteiger partial charge on any atom is -0.511 e. The molecular weight excluding hydrogens is 296 g/mol. The van der Waals surface area contributed by atoms with Gasteiger partial charge < -0.3 is 20.6 Å². The molecule has 6 nitrogen and oxygen atoms in total. The molecule has 0 radical (unpaired) electrons. The smallest absolute Gasteiger partial charge is 0.304 e. The first-order valence-electron chi connectivity index (χ1n) is 8.40. The minimum atomic E-state index is -0.847. The largest absolute Gasteiger partial charge is 0.511 e. The predicted molar refractivity (Wildman–Crippen MR) is 92.8 cm³/mol. The molecule has 4 N–H and O–H groups in total. The molecule has 134 valence electrons. The fraction of sp³-hybridized carbons (Fsp3) is 0.706. The SMILES string of the molecule is CCC/C=C(\O)CNCCN(CCC(=O)O)C/C(O)=C/CCC. The zero-order valence-electron chi connectivity index (χ0n) is 14.4. The molecule has 0 unspecified atom stereocenters. The third kappa shape index (κ3) is 13.8. The molecule has 0 saturated heterocycles. The average molecular weight is 328 g/mol. The summed E-state index contributed by atoms with van der Waals surface area (Å²) in [6, 6.07) is 0. The molecule has 0 saturated carbocycles. The summed E-state index contributed by atoms with van der Waals surface area (Å²) >= 11 is 0. The first-order valence-corrected chi connectivity index (χ1v) is 8.40. The summed E-state index contributed by atoms with van der Waals surface area (Å²) in [5.74, 6) is -0.238. The molecule has 0 atom stereocenters. The van der Waals surface area contributed by atoms with Crippen molar-refractivity contribution in [1.29, 1.82) is 0 Å². The van der Waals surface area contributed by atoms with Gasteiger partial charge in [-0.2, -0.15) is 0 Å². The molecule has 0 amide bonds. The molecule has 0 rings (SSSR count). The number of aliphatic carboxylic acids is 1. The van der Waals surface area contributed by atoms with Crippen LogP contribution in [0, 0.1) is 0 Å². The number of unbranched alkanes of at least 4 members (excludes halogenated alkanes) is 2. The van der Waals surface area contributed by atoms with Crippen LogP contribution in [0.2, 0.25) is 0 Å². The van der Waals surface area contributed by atoms with Crippen LogP contribution in [-0.2, 0) is 4.79 Å². The number of allylic oxidation sites excluding steroid dienone is 2. The zero-order chi connectivity index (χ0) is 17.5. The maximum atomic E-state index is 10.7. The van der Waals surface area contributed by atoms with Crippen molar-refractivity contribution in [3.05, 3.63) is 23.7 Å². The van der Waals surface area contributed by atoms with E-state index in [0.29, 0.717) is 38.5 Å². The van der Waals surface area contributed by atoms with Gasteiger partial charge in [-0.15, -0.1) is 0 Å². The molecule has 0 aromatic heterocycles. The Morgan fingerprint density at radius 1 is 1.00 bits per heavy atom. The maximum Gasteiger partial charge on any atom is 0.304 e. The Morgan fingerprint density at radius 3 is 2.17 bits per heavy atom. The number of carboxylic acid groups (broad SMARTS) is 1. The molecule has 0 aromatic carbocycles. The molecule has 0 fully saturated rings. The van der Waals surface area contributed by atoms with E-state index in [9.17, 15) is 15.0 Å². The van der Waals surface area contributed by atoms with E-state index in [2.05, 4.69) is 12.2 Å². The van der Waals surface area contributed by atoms with Gasteiger partial charge in [-0.3, -0.25) is 9.69 Å². The lowest BCUT2D eigenvalue weighted by atomic mass is 10.2. The van der Waals surface area contributed by atoms with Crippen molar-refractivity contribution >= 4 is 5.97 Å². The molecular formula is C17H32N2O4. The number of nitrogens with one attached hydrogen (secondary N) is 1. The molecule has 0 aliphatic carbocycles. The standard InChI is InChI=1S/C17H32N2O4/c1-3-5-7-15(20)13-18-10-12-19(11-9-17(22)23)14-16(21)8-6-4-2/h7-8,18,20-21H,3-6,9-14H2,1-2H3,(H,22,23)/b15-7-,16-8-. The molecule has 0 spiro atoms. The molecule has 0 aromatic rings. The van der Waals surface area contributed by atoms with Crippen LogP contribution < -0.4 is 5.32 Å². The lowest BCUT2D eigenvalue weighted by molar-refractivity contribution is -0.137. The van der Waals surface area contributed by atoms with Gasteiger partial charge in [-0.25, -0.2) is 0 Å². The lowest BCUT2D eigenvalue weighted by Gasteiger charge is -2.21. The summed E-state index contributed by atoms with van der Waals surface area (Å²) in [5.41, 5.74) is 0. The topological polar surface area (TPSA) is 93.0 Å². The summed E-state index contributed by atoms with van der Waals surface area (Å²) in [7, 11) is 0. The van der Waals surface area contributed by atoms with Crippen molar-refractivity contribution in [2.75, 3.05) is 32.7 Å². The Balaban J connectivity index is 4.22. The summed E-state index contributed by atoms with van der Waals surface area (Å²) in [5, 5.41) is 31.4. The van der Waals surface area contributed by atoms with Crippen molar-refractivity contribution in [2.45, 2.75) is 46.0 Å². The van der Waals surface area contributed by atoms with Crippen molar-refractivity contribution in [3.63, 3.8) is 0 Å². The van der Waals surface area contributed by atoms with Crippen LogP contribution in [0.1, 0.15) is 46.0 Å². The van der Waals surface area contributed by atoms with E-state index >= 15 is 0 Å². The Kier molecular flexibility index (Phi) is 13.2. The quantitative estimate of drug-likeness (QED) is 0.289. The number of hydrogen-bond acceptors (Lipinski definition) is 5. The minimum absolute atomic E-state index is 0.0444. The number of aliphatic hydroxyl groups is 2. The molecule has 0 heterocycles. The van der Waals surface area contributed by atoms with E-state index < -0.39 is 5.97 Å². The average Bonchev–Trinajstić information content (AvgIpc) is 2.52. The highest BCUT2D eigenvalue weighted by Crippen LogP contribution is 2.01. The van der Waals surface area contributed by atoms with E-state index in [0.717, 1.165) is 25.7 Å². The summed E-state index contributed by atoms with van der Waals surface area (Å²) in [4.78, 5) is 12.6. The van der Waals surface area contributed by atoms with Crippen LogP contribution in [0.3, 0.4) is 0 Å². The Morgan fingerprint density at radius 2 is 1.61 bits per heavy atom. The van der Waals surface area contributed by atoms with Gasteiger partial charge in [-0.1, -0.05) is 26.7 Å². The van der Waals surface area contributed by atoms with E-state index in [1.807, 2.05) is 11.8 Å². The van der Waals surface area contributed by atoms with Gasteiger partial charge in [0.1, 0.15) is 11.5 Å². The Hall–Kier alpha value is -1.53. The van der Waals surface area contributed by atoms with E-state index in [-0.39, 0.29) is 12.2 Å². The second-order valence-corrected chi connectivity index (χ2v) is 5.56. The second-order valence-electron chi connectivity index (χ2n) is 5.56. The van der Waals surface area contributed by atoms with Gasteiger partial charge in [0.05, 0.1) is 19.5 Å². The number of carboxylic acids is 1. The van der Waals surface area contributed by atoms with Gasteiger partial charge >= 0.3 is 5.97 Å². The fourth-order valence-corrected chi connectivity index (χ4v) is 1.97. The molecule has 23 heavy (non-hydrogen) atoms. The first kappa shape index (κ1) is 21.5. The van der Waals surface area contributed by atoms with Gasteiger partial charge in [0.15, 0.2) is 0 Å². The van der Waals surface area contributed by atoms with Crippen molar-refractivity contribution in [3.8, 4) is 0 Å². The number of nitrogens with zero attached hydrogens (tertiary/aromatic N) is 1. The molecule has 0 bridgehead atoms. The second kappa shape index (κ2) is 14.1. The number of carbonyl (C=O) groups is 1. The number of aliphatic hydroxyl groups excluding tert-OH is 2. The Labute approximate surface area is 139 Å². The predicted octanol–water partition coefficient (Wildman–Crippen LogP) is 2.84. The zero-order valence-corrected chi connectivity index (χ0v) is 14.4. The Bertz CT molecular complexity index is 381. The van der Waals surface area contributed by atoms with Crippen LogP contribution >= 0.6 is 0 Å². The highest BCUT2D eigenvalue weighted by molar-refractivity contribution is 5.66. The third-order valence-corrected chi connectivity index (χ3v) is 3.28. The highest BCUT2D eigenvalue weighted by Gasteiger charge is 2.09. The van der Waals surface area contributed by atoms with Crippen molar-refractivity contribution in [1.82, 2.24) is 10.2 Å². The first-order chi connectivity index (χ1) is 11.0. The van der Waals surface area contributed by atoms with E-state index in [4.69, 9.17) is 5.11 Å². The molecule has 6 heteroatoms.